The van der Waals surface area contributed by atoms with Crippen LogP contribution >= 0.6 is 11.8 Å². The van der Waals surface area contributed by atoms with Gasteiger partial charge in [0.2, 0.25) is 5.91 Å². The van der Waals surface area contributed by atoms with Gasteiger partial charge in [0.1, 0.15) is 11.4 Å². The number of aromatic nitrogens is 3. The highest BCUT2D eigenvalue weighted by atomic mass is 32.2. The largest absolute Gasteiger partial charge is 0.463 e. The smallest absolute Gasteiger partial charge is 0.233 e. The van der Waals surface area contributed by atoms with E-state index in [-0.39, 0.29) is 11.2 Å². The van der Waals surface area contributed by atoms with E-state index in [0.717, 1.165) is 27.2 Å². The van der Waals surface area contributed by atoms with E-state index >= 15 is 0 Å². The third kappa shape index (κ3) is 3.55. The predicted molar refractivity (Wildman–Crippen MR) is 106 cm³/mol. The molecule has 0 saturated heterocycles. The number of fused-ring (bicyclic) bond motifs is 3. The molecule has 0 spiro atoms. The van der Waals surface area contributed by atoms with E-state index in [0.29, 0.717) is 13.0 Å². The average Bonchev–Trinajstić information content (AvgIpc) is 3.27. The van der Waals surface area contributed by atoms with Crippen molar-refractivity contribution in [1.82, 2.24) is 19.9 Å². The molecule has 0 saturated carbocycles. The van der Waals surface area contributed by atoms with E-state index < -0.39 is 0 Å². The number of nitrogens with one attached hydrogen (secondary N) is 1. The summed E-state index contributed by atoms with van der Waals surface area (Å²) in [5, 5.41) is 11.8. The van der Waals surface area contributed by atoms with Crippen molar-refractivity contribution in [2.45, 2.75) is 37.1 Å². The highest BCUT2D eigenvalue weighted by Gasteiger charge is 2.21. The van der Waals surface area contributed by atoms with E-state index in [1.54, 1.807) is 12.6 Å². The number of thioether (sulfide) groups is 1. The molecule has 0 aliphatic carbocycles. The van der Waals surface area contributed by atoms with Crippen molar-refractivity contribution in [3.63, 3.8) is 0 Å². The van der Waals surface area contributed by atoms with Crippen LogP contribution in [0.25, 0.3) is 16.6 Å². The number of aryl methyl sites for hydroxylation is 1. The molecule has 3 heterocycles. The first-order chi connectivity index (χ1) is 13.2. The predicted octanol–water partition coefficient (Wildman–Crippen LogP) is 3.97. The number of carbonyl (C=O) groups is 1. The van der Waals surface area contributed by atoms with Crippen molar-refractivity contribution in [3.05, 3.63) is 60.1 Å². The minimum absolute atomic E-state index is 0.00196. The third-order valence-corrected chi connectivity index (χ3v) is 5.85. The minimum atomic E-state index is -0.239. The fourth-order valence-corrected chi connectivity index (χ4v) is 3.96. The number of furan rings is 1. The number of hydrogen-bond acceptors (Lipinski definition) is 5. The fraction of sp³-hybridized carbons (Fsp3) is 0.250. The number of nitrogens with zero attached hydrogens (tertiary/aromatic N) is 3. The molecular weight excluding hydrogens is 360 g/mol. The number of carbonyl (C=O) groups excluding carboxylic acids is 1. The van der Waals surface area contributed by atoms with Gasteiger partial charge in [0, 0.05) is 18.7 Å². The van der Waals surface area contributed by atoms with Crippen LogP contribution in [0.1, 0.15) is 24.5 Å². The maximum atomic E-state index is 12.7. The Balaban J connectivity index is 1.50. The Labute approximate surface area is 161 Å². The standard InChI is InChI=1S/C20H20N4O2S/c1-3-18(19(25)21-11-14-6-4-13(2)5-7-14)27-20-16-10-17-15(8-9-26-17)24(16)12-22-23-20/h4-10,12,18H,3,11H2,1-2H3,(H,21,25). The lowest BCUT2D eigenvalue weighted by molar-refractivity contribution is -0.120. The Morgan fingerprint density at radius 3 is 2.85 bits per heavy atom. The van der Waals surface area contributed by atoms with Gasteiger partial charge in [-0.15, -0.1) is 10.2 Å². The van der Waals surface area contributed by atoms with E-state index in [1.807, 2.05) is 54.6 Å². The maximum absolute atomic E-state index is 12.7. The van der Waals surface area contributed by atoms with Gasteiger partial charge >= 0.3 is 0 Å². The minimum Gasteiger partial charge on any atom is -0.463 e. The molecule has 27 heavy (non-hydrogen) atoms. The lowest BCUT2D eigenvalue weighted by Gasteiger charge is -2.14. The molecule has 4 aromatic rings. The quantitative estimate of drug-likeness (QED) is 0.513. The zero-order chi connectivity index (χ0) is 18.8. The molecule has 1 N–H and O–H groups in total. The molecule has 0 radical (unpaired) electrons. The summed E-state index contributed by atoms with van der Waals surface area (Å²) in [6.07, 6.45) is 4.01. The summed E-state index contributed by atoms with van der Waals surface area (Å²) in [6, 6.07) is 12.0. The zero-order valence-electron chi connectivity index (χ0n) is 15.2. The van der Waals surface area contributed by atoms with Gasteiger partial charge in [-0.2, -0.15) is 0 Å². The van der Waals surface area contributed by atoms with Crippen molar-refractivity contribution in [2.75, 3.05) is 0 Å². The Morgan fingerprint density at radius 1 is 1.26 bits per heavy atom. The van der Waals surface area contributed by atoms with Gasteiger partial charge in [-0.1, -0.05) is 48.5 Å². The zero-order valence-corrected chi connectivity index (χ0v) is 16.0. The molecule has 1 amide bonds. The van der Waals surface area contributed by atoms with Crippen LogP contribution in [-0.2, 0) is 11.3 Å². The average molecular weight is 380 g/mol. The van der Waals surface area contributed by atoms with Crippen molar-refractivity contribution < 1.29 is 9.21 Å². The van der Waals surface area contributed by atoms with Crippen LogP contribution in [0.3, 0.4) is 0 Å². The summed E-state index contributed by atoms with van der Waals surface area (Å²) in [5.74, 6) is 0.00196. The first-order valence-corrected chi connectivity index (χ1v) is 9.73. The summed E-state index contributed by atoms with van der Waals surface area (Å²) >= 11 is 1.43. The van der Waals surface area contributed by atoms with Crippen molar-refractivity contribution in [3.8, 4) is 0 Å². The van der Waals surface area contributed by atoms with Gasteiger partial charge in [-0.25, -0.2) is 0 Å². The first-order valence-electron chi connectivity index (χ1n) is 8.85. The Kier molecular flexibility index (Phi) is 4.85. The monoisotopic (exact) mass is 380 g/mol. The molecule has 1 unspecified atom stereocenters. The third-order valence-electron chi connectivity index (χ3n) is 4.50. The normalized spacial score (nSPS) is 12.5. The second-order valence-corrected chi connectivity index (χ2v) is 7.62. The van der Waals surface area contributed by atoms with E-state index in [1.165, 1.54) is 17.3 Å². The van der Waals surface area contributed by atoms with Crippen LogP contribution in [0.4, 0.5) is 0 Å². The molecule has 0 aliphatic rings. The summed E-state index contributed by atoms with van der Waals surface area (Å²) in [6.45, 7) is 4.57. The molecule has 6 nitrogen and oxygen atoms in total. The molecule has 1 atom stereocenters. The van der Waals surface area contributed by atoms with Crippen LogP contribution in [-0.4, -0.2) is 25.8 Å². The number of benzene rings is 1. The fourth-order valence-electron chi connectivity index (χ4n) is 2.96. The summed E-state index contributed by atoms with van der Waals surface area (Å²) < 4.78 is 7.40. The second kappa shape index (κ2) is 7.44. The molecule has 0 bridgehead atoms. The van der Waals surface area contributed by atoms with Crippen molar-refractivity contribution >= 4 is 34.3 Å². The van der Waals surface area contributed by atoms with E-state index in [2.05, 4.69) is 15.5 Å². The second-order valence-electron chi connectivity index (χ2n) is 6.42. The number of rotatable bonds is 6. The first kappa shape index (κ1) is 17.6. The molecule has 0 aliphatic heterocycles. The molecule has 3 aromatic heterocycles. The summed E-state index contributed by atoms with van der Waals surface area (Å²) in [5.41, 5.74) is 4.91. The van der Waals surface area contributed by atoms with Crippen LogP contribution in [0.15, 0.2) is 58.4 Å². The van der Waals surface area contributed by atoms with Crippen molar-refractivity contribution in [2.24, 2.45) is 0 Å². The Morgan fingerprint density at radius 2 is 2.07 bits per heavy atom. The van der Waals surface area contributed by atoms with Gasteiger partial charge in [0.05, 0.1) is 22.5 Å². The van der Waals surface area contributed by atoms with Gasteiger partial charge < -0.3 is 9.73 Å². The number of hydrogen-bond donors (Lipinski definition) is 1. The molecule has 1 aromatic carbocycles. The number of amides is 1. The van der Waals surface area contributed by atoms with Gasteiger partial charge in [0.25, 0.3) is 0 Å². The van der Waals surface area contributed by atoms with Gasteiger partial charge in [0.15, 0.2) is 5.58 Å². The molecule has 138 valence electrons. The van der Waals surface area contributed by atoms with Gasteiger partial charge in [-0.05, 0) is 18.9 Å². The Bertz CT molecular complexity index is 1080. The van der Waals surface area contributed by atoms with Crippen molar-refractivity contribution in [1.29, 1.82) is 0 Å². The SMILES string of the molecule is CCC(Sc1nncn2c1cc1occc12)C(=O)NCc1ccc(C)cc1. The maximum Gasteiger partial charge on any atom is 0.233 e. The van der Waals surface area contributed by atoms with E-state index in [4.69, 9.17) is 4.42 Å². The van der Waals surface area contributed by atoms with Gasteiger partial charge in [-0.3, -0.25) is 9.20 Å². The van der Waals surface area contributed by atoms with Crippen LogP contribution in [0.2, 0.25) is 0 Å². The summed E-state index contributed by atoms with van der Waals surface area (Å²) in [4.78, 5) is 12.7. The molecule has 0 fully saturated rings. The lowest BCUT2D eigenvalue weighted by Crippen LogP contribution is -2.32. The molecular formula is C20H20N4O2S. The topological polar surface area (TPSA) is 72.4 Å². The highest BCUT2D eigenvalue weighted by molar-refractivity contribution is 8.00. The highest BCUT2D eigenvalue weighted by Crippen LogP contribution is 2.30. The Hall–Kier alpha value is -2.80. The lowest BCUT2D eigenvalue weighted by atomic mass is 10.1. The van der Waals surface area contributed by atoms with Crippen LogP contribution in [0, 0.1) is 6.92 Å². The summed E-state index contributed by atoms with van der Waals surface area (Å²) in [7, 11) is 0. The van der Waals surface area contributed by atoms with Crippen LogP contribution < -0.4 is 5.32 Å². The van der Waals surface area contributed by atoms with Crippen LogP contribution in [0.5, 0.6) is 0 Å². The van der Waals surface area contributed by atoms with E-state index in [9.17, 15) is 4.79 Å². The molecule has 4 rings (SSSR count). The molecule has 7 heteroatoms.